The van der Waals surface area contributed by atoms with Crippen LogP contribution in [0.15, 0.2) is 42.5 Å². The summed E-state index contributed by atoms with van der Waals surface area (Å²) in [7, 11) is 0. The molecule has 2 aromatic carbocycles. The van der Waals surface area contributed by atoms with Gasteiger partial charge in [0.1, 0.15) is 5.75 Å². The first-order chi connectivity index (χ1) is 13.7. The van der Waals surface area contributed by atoms with Crippen LogP contribution in [0.25, 0.3) is 0 Å². The van der Waals surface area contributed by atoms with E-state index in [4.69, 9.17) is 10.5 Å². The van der Waals surface area contributed by atoms with Gasteiger partial charge in [-0.1, -0.05) is 32.9 Å². The Bertz CT molecular complexity index is 879. The van der Waals surface area contributed by atoms with Crippen molar-refractivity contribution in [2.24, 2.45) is 5.73 Å². The summed E-state index contributed by atoms with van der Waals surface area (Å²) in [4.78, 5) is 26.2. The summed E-state index contributed by atoms with van der Waals surface area (Å²) in [6.45, 7) is 8.18. The maximum Gasteiger partial charge on any atom is 0.262 e. The molecule has 0 radical (unpaired) electrons. The van der Waals surface area contributed by atoms with Crippen LogP contribution < -0.4 is 20.7 Å². The first-order valence-electron chi connectivity index (χ1n) is 9.96. The van der Waals surface area contributed by atoms with Gasteiger partial charge in [-0.2, -0.15) is 0 Å². The van der Waals surface area contributed by atoms with Crippen LogP contribution in [0, 0.1) is 0 Å². The Balaban J connectivity index is 1.67. The summed E-state index contributed by atoms with van der Waals surface area (Å²) >= 11 is 0. The second-order valence-electron chi connectivity index (χ2n) is 8.40. The fourth-order valence-corrected chi connectivity index (χ4v) is 3.41. The number of anilines is 2. The van der Waals surface area contributed by atoms with Gasteiger partial charge in [-0.3, -0.25) is 9.59 Å². The third kappa shape index (κ3) is 5.28. The molecule has 0 aliphatic carbocycles. The molecule has 3 N–H and O–H groups in total. The first kappa shape index (κ1) is 20.7. The van der Waals surface area contributed by atoms with Crippen molar-refractivity contribution in [3.05, 3.63) is 53.6 Å². The zero-order valence-corrected chi connectivity index (χ0v) is 17.3. The van der Waals surface area contributed by atoms with Crippen LogP contribution in [0.2, 0.25) is 0 Å². The molecule has 1 saturated heterocycles. The number of benzene rings is 2. The van der Waals surface area contributed by atoms with E-state index in [0.29, 0.717) is 17.0 Å². The van der Waals surface area contributed by atoms with Crippen LogP contribution in [0.1, 0.15) is 49.5 Å². The van der Waals surface area contributed by atoms with E-state index in [2.05, 4.69) is 31.0 Å². The number of rotatable bonds is 6. The number of nitrogens with two attached hydrogens (primary N) is 1. The molecule has 0 bridgehead atoms. The van der Waals surface area contributed by atoms with Crippen molar-refractivity contribution in [2.45, 2.75) is 39.0 Å². The number of carbonyl (C=O) groups is 2. The normalized spacial score (nSPS) is 14.0. The molecule has 3 rings (SSSR count). The van der Waals surface area contributed by atoms with Gasteiger partial charge in [0.05, 0.1) is 11.4 Å². The molecule has 0 unspecified atom stereocenters. The summed E-state index contributed by atoms with van der Waals surface area (Å²) in [5, 5.41) is 2.88. The minimum atomic E-state index is -0.524. The van der Waals surface area contributed by atoms with Gasteiger partial charge in [-0.05, 0) is 54.2 Å². The van der Waals surface area contributed by atoms with Crippen LogP contribution in [-0.2, 0) is 10.2 Å². The molecule has 2 aromatic rings. The molecule has 1 heterocycles. The number of hydrogen-bond donors (Lipinski definition) is 2. The second-order valence-corrected chi connectivity index (χ2v) is 8.40. The quantitative estimate of drug-likeness (QED) is 0.781. The van der Waals surface area contributed by atoms with Crippen LogP contribution >= 0.6 is 0 Å². The molecule has 2 amide bonds. The van der Waals surface area contributed by atoms with E-state index in [9.17, 15) is 9.59 Å². The van der Waals surface area contributed by atoms with Crippen LogP contribution in [0.3, 0.4) is 0 Å². The highest BCUT2D eigenvalue weighted by molar-refractivity contribution is 5.99. The molecular weight excluding hydrogens is 366 g/mol. The van der Waals surface area contributed by atoms with Gasteiger partial charge >= 0.3 is 0 Å². The van der Waals surface area contributed by atoms with Gasteiger partial charge < -0.3 is 20.7 Å². The molecule has 0 spiro atoms. The van der Waals surface area contributed by atoms with Crippen molar-refractivity contribution in [2.75, 3.05) is 29.9 Å². The summed E-state index contributed by atoms with van der Waals surface area (Å²) in [5.74, 6) is -0.172. The fourth-order valence-electron chi connectivity index (χ4n) is 3.41. The number of carbonyl (C=O) groups excluding carboxylic acids is 2. The van der Waals surface area contributed by atoms with Gasteiger partial charge in [0.15, 0.2) is 6.61 Å². The Kier molecular flexibility index (Phi) is 6.11. The zero-order chi connectivity index (χ0) is 21.0. The summed E-state index contributed by atoms with van der Waals surface area (Å²) in [6.07, 6.45) is 2.22. The van der Waals surface area contributed by atoms with Crippen molar-refractivity contribution in [1.82, 2.24) is 0 Å². The summed E-state index contributed by atoms with van der Waals surface area (Å²) in [5.41, 5.74) is 8.51. The Morgan fingerprint density at radius 1 is 1.07 bits per heavy atom. The SMILES string of the molecule is CC(C)(C)c1ccc(OCC(=O)Nc2cc(C(N)=O)ccc2N2CCCC2)cc1. The molecule has 29 heavy (non-hydrogen) atoms. The highest BCUT2D eigenvalue weighted by atomic mass is 16.5. The minimum absolute atomic E-state index is 0.0628. The van der Waals surface area contributed by atoms with Gasteiger partial charge in [0, 0.05) is 18.7 Å². The van der Waals surface area contributed by atoms with Gasteiger partial charge in [0.2, 0.25) is 5.91 Å². The van der Waals surface area contributed by atoms with Crippen molar-refractivity contribution in [3.8, 4) is 5.75 Å². The lowest BCUT2D eigenvalue weighted by atomic mass is 9.87. The van der Waals surface area contributed by atoms with E-state index in [1.54, 1.807) is 12.1 Å². The molecule has 1 aliphatic rings. The van der Waals surface area contributed by atoms with Gasteiger partial charge in [-0.15, -0.1) is 0 Å². The molecule has 1 aliphatic heterocycles. The van der Waals surface area contributed by atoms with Crippen molar-refractivity contribution in [1.29, 1.82) is 0 Å². The maximum atomic E-state index is 12.5. The molecule has 154 valence electrons. The number of nitrogens with one attached hydrogen (secondary N) is 1. The zero-order valence-electron chi connectivity index (χ0n) is 17.3. The van der Waals surface area contributed by atoms with Gasteiger partial charge in [-0.25, -0.2) is 0 Å². The first-order valence-corrected chi connectivity index (χ1v) is 9.96. The molecular formula is C23H29N3O3. The topological polar surface area (TPSA) is 84.7 Å². The second kappa shape index (κ2) is 8.55. The summed E-state index contributed by atoms with van der Waals surface area (Å²) < 4.78 is 5.63. The van der Waals surface area contributed by atoms with E-state index >= 15 is 0 Å². The number of ether oxygens (including phenoxy) is 1. The van der Waals surface area contributed by atoms with Crippen LogP contribution in [0.5, 0.6) is 5.75 Å². The van der Waals surface area contributed by atoms with Crippen LogP contribution in [-0.4, -0.2) is 31.5 Å². The Labute approximate surface area is 172 Å². The standard InChI is InChI=1S/C23H29N3O3/c1-23(2,3)17-7-9-18(10-8-17)29-15-21(27)25-19-14-16(22(24)28)6-11-20(19)26-12-4-5-13-26/h6-11,14H,4-5,12-13,15H2,1-3H3,(H2,24,28)(H,25,27). The molecule has 0 saturated carbocycles. The third-order valence-electron chi connectivity index (χ3n) is 5.09. The van der Waals surface area contributed by atoms with Crippen molar-refractivity contribution >= 4 is 23.2 Å². The maximum absolute atomic E-state index is 12.5. The average molecular weight is 396 g/mol. The third-order valence-corrected chi connectivity index (χ3v) is 5.09. The lowest BCUT2D eigenvalue weighted by Gasteiger charge is -2.22. The largest absolute Gasteiger partial charge is 0.484 e. The highest BCUT2D eigenvalue weighted by Crippen LogP contribution is 2.30. The van der Waals surface area contributed by atoms with E-state index in [1.807, 2.05) is 30.3 Å². The molecule has 6 nitrogen and oxygen atoms in total. The highest BCUT2D eigenvalue weighted by Gasteiger charge is 2.19. The van der Waals surface area contributed by atoms with E-state index in [-0.39, 0.29) is 17.9 Å². The fraction of sp³-hybridized carbons (Fsp3) is 0.391. The Morgan fingerprint density at radius 2 is 1.72 bits per heavy atom. The van der Waals surface area contributed by atoms with E-state index in [0.717, 1.165) is 31.6 Å². The number of hydrogen-bond acceptors (Lipinski definition) is 4. The number of nitrogens with zero attached hydrogens (tertiary/aromatic N) is 1. The van der Waals surface area contributed by atoms with Crippen LogP contribution in [0.4, 0.5) is 11.4 Å². The predicted octanol–water partition coefficient (Wildman–Crippen LogP) is 3.70. The number of amides is 2. The molecule has 0 atom stereocenters. The van der Waals surface area contributed by atoms with Crippen molar-refractivity contribution in [3.63, 3.8) is 0 Å². The van der Waals surface area contributed by atoms with Crippen molar-refractivity contribution < 1.29 is 14.3 Å². The van der Waals surface area contributed by atoms with E-state index in [1.165, 1.54) is 5.56 Å². The molecule has 6 heteroatoms. The Hall–Kier alpha value is -3.02. The average Bonchev–Trinajstić information content (AvgIpc) is 3.20. The lowest BCUT2D eigenvalue weighted by molar-refractivity contribution is -0.118. The molecule has 0 aromatic heterocycles. The van der Waals surface area contributed by atoms with Gasteiger partial charge in [0.25, 0.3) is 5.91 Å². The minimum Gasteiger partial charge on any atom is -0.484 e. The predicted molar refractivity (Wildman–Crippen MR) is 116 cm³/mol. The number of primary amides is 1. The van der Waals surface area contributed by atoms with E-state index < -0.39 is 5.91 Å². The lowest BCUT2D eigenvalue weighted by Crippen LogP contribution is -2.24. The Morgan fingerprint density at radius 3 is 2.31 bits per heavy atom. The summed E-state index contributed by atoms with van der Waals surface area (Å²) in [6, 6.07) is 12.9. The smallest absolute Gasteiger partial charge is 0.262 e. The monoisotopic (exact) mass is 395 g/mol. The molecule has 1 fully saturated rings.